The summed E-state index contributed by atoms with van der Waals surface area (Å²) < 4.78 is 42.3. The van der Waals surface area contributed by atoms with Crippen molar-refractivity contribution in [3.8, 4) is 0 Å². The maximum atomic E-state index is 13.7. The highest BCUT2D eigenvalue weighted by Gasteiger charge is 2.37. The van der Waals surface area contributed by atoms with E-state index >= 15 is 0 Å². The molecule has 3 heterocycles. The summed E-state index contributed by atoms with van der Waals surface area (Å²) in [5.74, 6) is -0.249. The lowest BCUT2D eigenvalue weighted by molar-refractivity contribution is -0.00445. The maximum Gasteiger partial charge on any atom is 0.410 e. The highest BCUT2D eigenvalue weighted by molar-refractivity contribution is 7.86. The van der Waals surface area contributed by atoms with Gasteiger partial charge in [-0.25, -0.2) is 8.98 Å². The number of hydrogen-bond donors (Lipinski definition) is 0. The quantitative estimate of drug-likeness (QED) is 0.464. The zero-order chi connectivity index (χ0) is 25.7. The van der Waals surface area contributed by atoms with Crippen LogP contribution in [0, 0.1) is 12.8 Å². The second kappa shape index (κ2) is 9.11. The number of fused-ring (bicyclic) bond motifs is 3. The predicted octanol–water partition coefficient (Wildman–Crippen LogP) is 4.23. The van der Waals surface area contributed by atoms with Gasteiger partial charge in [0.15, 0.2) is 6.23 Å². The fourth-order valence-electron chi connectivity index (χ4n) is 4.47. The molecule has 1 aromatic carbocycles. The number of aromatic nitrogens is 2. The lowest BCUT2D eigenvalue weighted by Gasteiger charge is -2.37. The Bertz CT molecular complexity index is 1460. The summed E-state index contributed by atoms with van der Waals surface area (Å²) in [5.41, 5.74) is -0.558. The standard InChI is InChI=1S/C23H28ClN3O7S/c1-13-17-19(25-33-13)18-15(24)9-6-10-16(18)27(20(17)28)21(34-35(5,30)31)14-8-7-11-26(12-14)22(29)32-23(2,3)4/h6,9-10,14,21H,7-8,11-12H2,1-5H3. The molecule has 35 heavy (non-hydrogen) atoms. The van der Waals surface area contributed by atoms with Crippen LogP contribution in [0.4, 0.5) is 4.79 Å². The minimum Gasteiger partial charge on any atom is -0.444 e. The predicted molar refractivity (Wildman–Crippen MR) is 131 cm³/mol. The molecule has 0 radical (unpaired) electrons. The SMILES string of the molecule is Cc1onc2c1c(=O)n(C(OS(C)(=O)=O)C1CCCN(C(=O)OC(C)(C)C)C1)c1cccc(Cl)c21. The molecule has 2 unspecified atom stereocenters. The van der Waals surface area contributed by atoms with E-state index in [1.54, 1.807) is 45.9 Å². The molecule has 2 aromatic heterocycles. The largest absolute Gasteiger partial charge is 0.444 e. The minimum absolute atomic E-state index is 0.143. The third-order valence-electron chi connectivity index (χ3n) is 5.82. The first-order valence-corrected chi connectivity index (χ1v) is 13.4. The van der Waals surface area contributed by atoms with Gasteiger partial charge >= 0.3 is 6.09 Å². The van der Waals surface area contributed by atoms with E-state index in [4.69, 9.17) is 25.0 Å². The zero-order valence-electron chi connectivity index (χ0n) is 20.2. The molecule has 12 heteroatoms. The monoisotopic (exact) mass is 525 g/mol. The van der Waals surface area contributed by atoms with Crippen molar-refractivity contribution in [2.45, 2.75) is 52.4 Å². The lowest BCUT2D eigenvalue weighted by Crippen LogP contribution is -2.46. The summed E-state index contributed by atoms with van der Waals surface area (Å²) in [4.78, 5) is 28.0. The van der Waals surface area contributed by atoms with Crippen molar-refractivity contribution in [2.75, 3.05) is 19.3 Å². The number of aryl methyl sites for hydroxylation is 1. The van der Waals surface area contributed by atoms with Crippen LogP contribution in [0.3, 0.4) is 0 Å². The summed E-state index contributed by atoms with van der Waals surface area (Å²) in [7, 11) is -4.00. The van der Waals surface area contributed by atoms with Crippen molar-refractivity contribution < 1.29 is 26.7 Å². The van der Waals surface area contributed by atoms with E-state index < -0.39 is 39.5 Å². The Kier molecular flexibility index (Phi) is 6.62. The van der Waals surface area contributed by atoms with Crippen LogP contribution in [0.5, 0.6) is 0 Å². The van der Waals surface area contributed by atoms with Gasteiger partial charge in [-0.3, -0.25) is 9.36 Å². The van der Waals surface area contributed by atoms with E-state index in [0.717, 1.165) is 6.26 Å². The zero-order valence-corrected chi connectivity index (χ0v) is 21.8. The van der Waals surface area contributed by atoms with Crippen LogP contribution >= 0.6 is 11.6 Å². The summed E-state index contributed by atoms with van der Waals surface area (Å²) in [6.45, 7) is 7.50. The molecule has 4 rings (SSSR count). The first-order chi connectivity index (χ1) is 16.3. The molecule has 0 aliphatic carbocycles. The Morgan fingerprint density at radius 1 is 1.29 bits per heavy atom. The number of rotatable bonds is 4. The van der Waals surface area contributed by atoms with E-state index in [1.807, 2.05) is 0 Å². The molecule has 10 nitrogen and oxygen atoms in total. The van der Waals surface area contributed by atoms with Crippen LogP contribution in [-0.2, 0) is 19.0 Å². The topological polar surface area (TPSA) is 121 Å². The van der Waals surface area contributed by atoms with Gasteiger partial charge in [0.2, 0.25) is 0 Å². The molecule has 2 atom stereocenters. The summed E-state index contributed by atoms with van der Waals surface area (Å²) >= 11 is 6.49. The van der Waals surface area contributed by atoms with Gasteiger partial charge in [-0.05, 0) is 52.7 Å². The van der Waals surface area contributed by atoms with Crippen LogP contribution in [0.25, 0.3) is 21.8 Å². The summed E-state index contributed by atoms with van der Waals surface area (Å²) in [6.07, 6.45) is 0.287. The Morgan fingerprint density at radius 2 is 2.00 bits per heavy atom. The van der Waals surface area contributed by atoms with E-state index in [0.29, 0.717) is 40.8 Å². The van der Waals surface area contributed by atoms with Crippen molar-refractivity contribution in [3.63, 3.8) is 0 Å². The van der Waals surface area contributed by atoms with Gasteiger partial charge in [0.25, 0.3) is 15.7 Å². The number of hydrogen-bond acceptors (Lipinski definition) is 8. The molecule has 0 bridgehead atoms. The summed E-state index contributed by atoms with van der Waals surface area (Å²) in [5, 5.41) is 4.98. The molecule has 1 aliphatic rings. The average Bonchev–Trinajstić information content (AvgIpc) is 3.13. The Balaban J connectivity index is 1.89. The number of halogens is 1. The number of amides is 1. The van der Waals surface area contributed by atoms with Gasteiger partial charge < -0.3 is 14.2 Å². The molecule has 1 aliphatic heterocycles. The number of piperidine rings is 1. The van der Waals surface area contributed by atoms with Gasteiger partial charge in [0.05, 0.1) is 16.8 Å². The molecule has 1 amide bonds. The number of carbonyl (C=O) groups excluding carboxylic acids is 1. The normalized spacial score (nSPS) is 18.2. The Morgan fingerprint density at radius 3 is 2.66 bits per heavy atom. The number of nitrogens with zero attached hydrogens (tertiary/aromatic N) is 3. The number of pyridine rings is 1. The van der Waals surface area contributed by atoms with Gasteiger partial charge in [-0.15, -0.1) is 0 Å². The third-order valence-corrected chi connectivity index (χ3v) is 6.69. The van der Waals surface area contributed by atoms with Crippen LogP contribution in [0.15, 0.2) is 27.5 Å². The number of ether oxygens (including phenoxy) is 1. The molecule has 0 N–H and O–H groups in total. The summed E-state index contributed by atoms with van der Waals surface area (Å²) in [6, 6.07) is 4.96. The number of likely N-dealkylation sites (tertiary alicyclic amines) is 1. The maximum absolute atomic E-state index is 13.7. The van der Waals surface area contributed by atoms with Crippen LogP contribution in [0.2, 0.25) is 5.02 Å². The Hall–Kier alpha value is -2.63. The van der Waals surface area contributed by atoms with Gasteiger partial charge in [-0.1, -0.05) is 22.8 Å². The average molecular weight is 526 g/mol. The smallest absolute Gasteiger partial charge is 0.410 e. The fourth-order valence-corrected chi connectivity index (χ4v) is 5.33. The fraction of sp³-hybridized carbons (Fsp3) is 0.522. The van der Waals surface area contributed by atoms with Crippen LogP contribution in [0.1, 0.15) is 45.6 Å². The second-order valence-corrected chi connectivity index (χ2v) is 11.8. The van der Waals surface area contributed by atoms with Gasteiger partial charge in [-0.2, -0.15) is 8.42 Å². The van der Waals surface area contributed by atoms with Crippen LogP contribution < -0.4 is 5.56 Å². The van der Waals surface area contributed by atoms with Crippen LogP contribution in [-0.4, -0.2) is 54.1 Å². The molecule has 1 fully saturated rings. The molecule has 1 saturated heterocycles. The molecule has 190 valence electrons. The van der Waals surface area contributed by atoms with E-state index in [1.165, 1.54) is 9.47 Å². The van der Waals surface area contributed by atoms with Gasteiger partial charge in [0.1, 0.15) is 22.3 Å². The first kappa shape index (κ1) is 25.5. The van der Waals surface area contributed by atoms with Crippen molar-refractivity contribution in [2.24, 2.45) is 5.92 Å². The van der Waals surface area contributed by atoms with Gasteiger partial charge in [0, 0.05) is 24.4 Å². The molecular weight excluding hydrogens is 498 g/mol. The van der Waals surface area contributed by atoms with Crippen molar-refractivity contribution in [1.82, 2.24) is 14.6 Å². The highest BCUT2D eigenvalue weighted by Crippen LogP contribution is 2.36. The Labute approximate surface area is 207 Å². The lowest BCUT2D eigenvalue weighted by atomic mass is 9.95. The number of benzene rings is 1. The number of carbonyl (C=O) groups is 1. The van der Waals surface area contributed by atoms with E-state index in [-0.39, 0.29) is 17.7 Å². The van der Waals surface area contributed by atoms with Crippen molar-refractivity contribution >= 4 is 49.6 Å². The molecule has 3 aromatic rings. The van der Waals surface area contributed by atoms with Crippen molar-refractivity contribution in [1.29, 1.82) is 0 Å². The third kappa shape index (κ3) is 5.17. The van der Waals surface area contributed by atoms with E-state index in [2.05, 4.69) is 5.16 Å². The first-order valence-electron chi connectivity index (χ1n) is 11.2. The van der Waals surface area contributed by atoms with Crippen molar-refractivity contribution in [3.05, 3.63) is 39.3 Å². The van der Waals surface area contributed by atoms with E-state index in [9.17, 15) is 18.0 Å². The molecule has 0 saturated carbocycles. The highest BCUT2D eigenvalue weighted by atomic mass is 35.5. The second-order valence-electron chi connectivity index (χ2n) is 9.79. The minimum atomic E-state index is -4.00. The molecule has 0 spiro atoms. The molecular formula is C23H28ClN3O7S.